The van der Waals surface area contributed by atoms with Crippen molar-refractivity contribution in [2.24, 2.45) is 0 Å². The highest BCUT2D eigenvalue weighted by Gasteiger charge is 2.23. The third-order valence-electron chi connectivity index (χ3n) is 3.27. The molecule has 104 valence electrons. The van der Waals surface area contributed by atoms with E-state index in [4.69, 9.17) is 9.47 Å². The van der Waals surface area contributed by atoms with Crippen LogP contribution in [0.5, 0.6) is 5.75 Å². The summed E-state index contributed by atoms with van der Waals surface area (Å²) in [5.74, 6) is 1.01. The number of hydrogen-bond acceptors (Lipinski definition) is 2. The Balaban J connectivity index is 1.76. The fourth-order valence-electron chi connectivity index (χ4n) is 1.99. The minimum absolute atomic E-state index is 0.321. The van der Waals surface area contributed by atoms with Crippen LogP contribution in [0.15, 0.2) is 36.4 Å². The molecule has 1 atom stereocenters. The summed E-state index contributed by atoms with van der Waals surface area (Å²) in [5, 5.41) is 0. The lowest BCUT2D eigenvalue weighted by atomic mass is 10.1. The second-order valence-corrected chi connectivity index (χ2v) is 5.03. The summed E-state index contributed by atoms with van der Waals surface area (Å²) in [5.41, 5.74) is 1.29. The summed E-state index contributed by atoms with van der Waals surface area (Å²) in [6, 6.07) is 8.32. The third kappa shape index (κ3) is 5.48. The van der Waals surface area contributed by atoms with Crippen molar-refractivity contribution < 1.29 is 9.47 Å². The summed E-state index contributed by atoms with van der Waals surface area (Å²) in [7, 11) is 0. The Morgan fingerprint density at radius 3 is 2.84 bits per heavy atom. The Bertz CT molecular complexity index is 394. The number of benzene rings is 1. The highest BCUT2D eigenvalue weighted by Crippen LogP contribution is 2.21. The average molecular weight is 260 g/mol. The molecule has 0 aromatic heterocycles. The molecular weight excluding hydrogens is 236 g/mol. The van der Waals surface area contributed by atoms with Crippen molar-refractivity contribution in [2.45, 2.75) is 45.1 Å². The zero-order chi connectivity index (χ0) is 13.3. The summed E-state index contributed by atoms with van der Waals surface area (Å²) in [4.78, 5) is 0. The summed E-state index contributed by atoms with van der Waals surface area (Å²) >= 11 is 0. The number of aryl methyl sites for hydroxylation is 1. The van der Waals surface area contributed by atoms with Crippen LogP contribution in [0.2, 0.25) is 0 Å². The van der Waals surface area contributed by atoms with Crippen LogP contribution in [0.4, 0.5) is 0 Å². The molecule has 1 heterocycles. The van der Waals surface area contributed by atoms with Crippen LogP contribution in [0, 0.1) is 0 Å². The number of para-hydroxylation sites is 1. The van der Waals surface area contributed by atoms with Crippen LogP contribution in [-0.2, 0) is 11.2 Å². The zero-order valence-corrected chi connectivity index (χ0v) is 11.8. The zero-order valence-electron chi connectivity index (χ0n) is 11.8. The van der Waals surface area contributed by atoms with E-state index in [0.29, 0.717) is 12.7 Å². The first-order valence-electron chi connectivity index (χ1n) is 7.37. The van der Waals surface area contributed by atoms with Crippen LogP contribution >= 0.6 is 0 Å². The minimum atomic E-state index is 0.321. The molecule has 0 spiro atoms. The molecule has 1 aliphatic rings. The molecule has 2 nitrogen and oxygen atoms in total. The third-order valence-corrected chi connectivity index (χ3v) is 3.27. The first-order chi connectivity index (χ1) is 9.40. The van der Waals surface area contributed by atoms with Crippen molar-refractivity contribution in [3.05, 3.63) is 42.0 Å². The van der Waals surface area contributed by atoms with E-state index in [-0.39, 0.29) is 0 Å². The molecule has 19 heavy (non-hydrogen) atoms. The Labute approximate surface area is 116 Å². The lowest BCUT2D eigenvalue weighted by Crippen LogP contribution is -2.05. The number of ether oxygens (including phenoxy) is 2. The van der Waals surface area contributed by atoms with Crippen molar-refractivity contribution in [1.82, 2.24) is 0 Å². The SMILES string of the molecule is CCCC/C=C/CCc1ccccc1OCC1CO1. The van der Waals surface area contributed by atoms with Gasteiger partial charge in [0.2, 0.25) is 0 Å². The predicted octanol–water partition coefficient (Wildman–Crippen LogP) is 4.14. The first-order valence-corrected chi connectivity index (χ1v) is 7.37. The second kappa shape index (κ2) is 8.00. The molecular formula is C17H24O2. The molecule has 0 saturated carbocycles. The fourth-order valence-corrected chi connectivity index (χ4v) is 1.99. The molecule has 1 saturated heterocycles. The van der Waals surface area contributed by atoms with E-state index < -0.39 is 0 Å². The summed E-state index contributed by atoms with van der Waals surface area (Å²) < 4.78 is 11.0. The van der Waals surface area contributed by atoms with Gasteiger partial charge in [0.05, 0.1) is 6.61 Å². The van der Waals surface area contributed by atoms with Gasteiger partial charge in [0.25, 0.3) is 0 Å². The van der Waals surface area contributed by atoms with E-state index >= 15 is 0 Å². The maximum absolute atomic E-state index is 5.81. The minimum Gasteiger partial charge on any atom is -0.491 e. The van der Waals surface area contributed by atoms with Gasteiger partial charge in [-0.3, -0.25) is 0 Å². The quantitative estimate of drug-likeness (QED) is 0.378. The van der Waals surface area contributed by atoms with E-state index in [9.17, 15) is 0 Å². The Hall–Kier alpha value is -1.28. The van der Waals surface area contributed by atoms with Crippen molar-refractivity contribution in [3.8, 4) is 5.75 Å². The van der Waals surface area contributed by atoms with Gasteiger partial charge in [-0.2, -0.15) is 0 Å². The number of unbranched alkanes of at least 4 members (excludes halogenated alkanes) is 2. The highest BCUT2D eigenvalue weighted by atomic mass is 16.6. The number of hydrogen-bond donors (Lipinski definition) is 0. The largest absolute Gasteiger partial charge is 0.491 e. The Morgan fingerprint density at radius 2 is 2.05 bits per heavy atom. The monoisotopic (exact) mass is 260 g/mol. The number of rotatable bonds is 9. The van der Waals surface area contributed by atoms with Gasteiger partial charge in [-0.1, -0.05) is 50.1 Å². The molecule has 1 unspecified atom stereocenters. The topological polar surface area (TPSA) is 21.8 Å². The van der Waals surface area contributed by atoms with Crippen molar-refractivity contribution in [1.29, 1.82) is 0 Å². The van der Waals surface area contributed by atoms with Crippen molar-refractivity contribution in [3.63, 3.8) is 0 Å². The van der Waals surface area contributed by atoms with Gasteiger partial charge >= 0.3 is 0 Å². The van der Waals surface area contributed by atoms with Crippen LogP contribution < -0.4 is 4.74 Å². The van der Waals surface area contributed by atoms with Crippen LogP contribution in [0.1, 0.15) is 38.2 Å². The van der Waals surface area contributed by atoms with Gasteiger partial charge in [0.15, 0.2) is 0 Å². The Morgan fingerprint density at radius 1 is 1.26 bits per heavy atom. The molecule has 1 aliphatic heterocycles. The normalized spacial score (nSPS) is 17.8. The lowest BCUT2D eigenvalue weighted by Gasteiger charge is -2.09. The van der Waals surface area contributed by atoms with Gasteiger partial charge < -0.3 is 9.47 Å². The van der Waals surface area contributed by atoms with Gasteiger partial charge in [-0.25, -0.2) is 0 Å². The van der Waals surface area contributed by atoms with Crippen LogP contribution in [-0.4, -0.2) is 19.3 Å². The standard InChI is InChI=1S/C17H24O2/c1-2-3-4-5-6-7-10-15-11-8-9-12-17(15)19-14-16-13-18-16/h5-6,8-9,11-12,16H,2-4,7,10,13-14H2,1H3/b6-5+. The van der Waals surface area contributed by atoms with E-state index in [1.54, 1.807) is 0 Å². The molecule has 1 aromatic carbocycles. The molecule has 0 radical (unpaired) electrons. The summed E-state index contributed by atoms with van der Waals surface area (Å²) in [6.45, 7) is 3.76. The van der Waals surface area contributed by atoms with E-state index in [2.05, 4.69) is 37.3 Å². The molecule has 2 rings (SSSR count). The smallest absolute Gasteiger partial charge is 0.122 e. The molecule has 0 N–H and O–H groups in total. The highest BCUT2D eigenvalue weighted by molar-refractivity contribution is 5.33. The van der Waals surface area contributed by atoms with Gasteiger partial charge in [0.1, 0.15) is 18.5 Å². The van der Waals surface area contributed by atoms with Crippen LogP contribution in [0.3, 0.4) is 0 Å². The Kier molecular flexibility index (Phi) is 5.96. The molecule has 2 heteroatoms. The van der Waals surface area contributed by atoms with E-state index in [1.807, 2.05) is 6.07 Å². The van der Waals surface area contributed by atoms with Gasteiger partial charge in [-0.15, -0.1) is 0 Å². The molecule has 0 amide bonds. The molecule has 1 fully saturated rings. The molecule has 0 aliphatic carbocycles. The van der Waals surface area contributed by atoms with E-state index in [1.165, 1.54) is 24.8 Å². The van der Waals surface area contributed by atoms with E-state index in [0.717, 1.165) is 25.2 Å². The lowest BCUT2D eigenvalue weighted by molar-refractivity contribution is 0.261. The second-order valence-electron chi connectivity index (χ2n) is 5.03. The molecule has 1 aromatic rings. The first kappa shape index (κ1) is 14.1. The van der Waals surface area contributed by atoms with Crippen LogP contribution in [0.25, 0.3) is 0 Å². The van der Waals surface area contributed by atoms with Crippen molar-refractivity contribution in [2.75, 3.05) is 13.2 Å². The molecule has 0 bridgehead atoms. The van der Waals surface area contributed by atoms with Gasteiger partial charge in [-0.05, 0) is 30.9 Å². The average Bonchev–Trinajstić information content (AvgIpc) is 3.25. The maximum atomic E-state index is 5.81. The summed E-state index contributed by atoms with van der Waals surface area (Å²) in [6.07, 6.45) is 10.8. The van der Waals surface area contributed by atoms with Gasteiger partial charge in [0, 0.05) is 0 Å². The predicted molar refractivity (Wildman–Crippen MR) is 78.7 cm³/mol. The maximum Gasteiger partial charge on any atom is 0.122 e. The van der Waals surface area contributed by atoms with Crippen molar-refractivity contribution >= 4 is 0 Å². The number of epoxide rings is 1. The number of allylic oxidation sites excluding steroid dienone is 2. The fraction of sp³-hybridized carbons (Fsp3) is 0.529.